The van der Waals surface area contributed by atoms with Crippen molar-refractivity contribution >= 4 is 35.6 Å². The maximum atomic E-state index is 13.5. The van der Waals surface area contributed by atoms with E-state index >= 15 is 0 Å². The van der Waals surface area contributed by atoms with Crippen molar-refractivity contribution in [3.8, 4) is 5.75 Å². The molecule has 0 saturated heterocycles. The molecule has 1 aromatic rings. The van der Waals surface area contributed by atoms with Gasteiger partial charge in [0.25, 0.3) is 0 Å². The van der Waals surface area contributed by atoms with Crippen molar-refractivity contribution in [1.82, 2.24) is 16.0 Å². The van der Waals surface area contributed by atoms with Crippen LogP contribution in [0.4, 0.5) is 0 Å². The van der Waals surface area contributed by atoms with Gasteiger partial charge in [0, 0.05) is 19.5 Å². The molecule has 0 heterocycles. The molecule has 0 spiro atoms. The SMILES string of the molecule is CC(C)CC(NC(=O)C(CCCN=C(N)N)NC(=O)C(Cc1ccc(O)cc1)NC(=O)C(N)CCCN=C(N)N)C(=O)O. The molecule has 1 rings (SSSR count). The third kappa shape index (κ3) is 15.3. The molecule has 15 N–H and O–H groups in total. The van der Waals surface area contributed by atoms with E-state index in [0.717, 1.165) is 0 Å². The van der Waals surface area contributed by atoms with E-state index in [9.17, 15) is 29.4 Å². The van der Waals surface area contributed by atoms with Crippen LogP contribution in [0.3, 0.4) is 0 Å². The smallest absolute Gasteiger partial charge is 0.326 e. The van der Waals surface area contributed by atoms with Gasteiger partial charge in [-0.3, -0.25) is 24.4 Å². The minimum atomic E-state index is -1.21. The number of carbonyl (C=O) groups is 4. The number of phenolic OH excluding ortho intramolecular Hbond substituents is 1. The summed E-state index contributed by atoms with van der Waals surface area (Å²) in [6, 6.07) is 1.55. The number of hydrogen-bond acceptors (Lipinski definition) is 8. The Morgan fingerprint density at radius 1 is 0.767 bits per heavy atom. The van der Waals surface area contributed by atoms with Crippen LogP contribution in [-0.2, 0) is 25.6 Å². The van der Waals surface area contributed by atoms with Crippen LogP contribution < -0.4 is 44.6 Å². The van der Waals surface area contributed by atoms with Gasteiger partial charge in [-0.2, -0.15) is 0 Å². The van der Waals surface area contributed by atoms with Gasteiger partial charge in [-0.05, 0) is 55.7 Å². The molecule has 0 aliphatic rings. The first-order valence-electron chi connectivity index (χ1n) is 14.0. The molecule has 4 atom stereocenters. The maximum absolute atomic E-state index is 13.5. The topological polar surface area (TPSA) is 300 Å². The second kappa shape index (κ2) is 18.8. The second-order valence-electron chi connectivity index (χ2n) is 10.5. The zero-order chi connectivity index (χ0) is 32.5. The quantitative estimate of drug-likeness (QED) is 0.0464. The number of hydrogen-bond donors (Lipinski definition) is 10. The third-order valence-electron chi connectivity index (χ3n) is 6.21. The van der Waals surface area contributed by atoms with Crippen molar-refractivity contribution in [3.63, 3.8) is 0 Å². The summed E-state index contributed by atoms with van der Waals surface area (Å²) in [6.07, 6.45) is 1.20. The summed E-state index contributed by atoms with van der Waals surface area (Å²) in [6.45, 7) is 4.07. The zero-order valence-electron chi connectivity index (χ0n) is 24.7. The average molecular weight is 607 g/mol. The molecule has 0 aliphatic heterocycles. The molecule has 0 aliphatic carbocycles. The summed E-state index contributed by atoms with van der Waals surface area (Å²) in [4.78, 5) is 59.2. The predicted octanol–water partition coefficient (Wildman–Crippen LogP) is -2.05. The number of carboxylic acid groups (broad SMARTS) is 1. The van der Waals surface area contributed by atoms with Crippen LogP contribution in [0.5, 0.6) is 5.75 Å². The van der Waals surface area contributed by atoms with Crippen molar-refractivity contribution in [3.05, 3.63) is 29.8 Å². The molecule has 0 saturated carbocycles. The number of carbonyl (C=O) groups excluding carboxylic acids is 3. The highest BCUT2D eigenvalue weighted by Crippen LogP contribution is 2.13. The van der Waals surface area contributed by atoms with Crippen LogP contribution in [-0.4, -0.2) is 83.1 Å². The van der Waals surface area contributed by atoms with Crippen molar-refractivity contribution < 1.29 is 29.4 Å². The van der Waals surface area contributed by atoms with Gasteiger partial charge >= 0.3 is 5.97 Å². The van der Waals surface area contributed by atoms with Crippen LogP contribution in [0.25, 0.3) is 0 Å². The lowest BCUT2D eigenvalue weighted by atomic mass is 10.0. The molecule has 3 amide bonds. The van der Waals surface area contributed by atoms with Gasteiger partial charge in [-0.25, -0.2) is 4.79 Å². The number of nitrogens with one attached hydrogen (secondary N) is 3. The lowest BCUT2D eigenvalue weighted by Crippen LogP contribution is -2.57. The highest BCUT2D eigenvalue weighted by Gasteiger charge is 2.30. The summed E-state index contributed by atoms with van der Waals surface area (Å²) < 4.78 is 0. The van der Waals surface area contributed by atoms with Crippen LogP contribution >= 0.6 is 0 Å². The van der Waals surface area contributed by atoms with E-state index in [1.54, 1.807) is 12.1 Å². The molecule has 16 heteroatoms. The van der Waals surface area contributed by atoms with E-state index in [1.807, 2.05) is 13.8 Å². The molecule has 0 aromatic heterocycles. The van der Waals surface area contributed by atoms with Crippen molar-refractivity contribution in [2.45, 2.75) is 76.5 Å². The molecule has 0 radical (unpaired) electrons. The van der Waals surface area contributed by atoms with Gasteiger partial charge < -0.3 is 54.8 Å². The van der Waals surface area contributed by atoms with Gasteiger partial charge in [0.2, 0.25) is 17.7 Å². The normalized spacial score (nSPS) is 13.6. The van der Waals surface area contributed by atoms with Crippen LogP contribution in [0.1, 0.15) is 51.5 Å². The Morgan fingerprint density at radius 2 is 1.26 bits per heavy atom. The average Bonchev–Trinajstić information content (AvgIpc) is 2.92. The molecule has 16 nitrogen and oxygen atoms in total. The summed E-state index contributed by atoms with van der Waals surface area (Å²) in [5, 5.41) is 27.0. The number of carboxylic acids is 1. The summed E-state index contributed by atoms with van der Waals surface area (Å²) in [5.74, 6) is -3.46. The first kappa shape index (κ1) is 36.4. The first-order valence-corrected chi connectivity index (χ1v) is 14.0. The summed E-state index contributed by atoms with van der Waals surface area (Å²) >= 11 is 0. The van der Waals surface area contributed by atoms with Gasteiger partial charge in [0.05, 0.1) is 6.04 Å². The van der Waals surface area contributed by atoms with E-state index < -0.39 is 47.9 Å². The monoisotopic (exact) mass is 606 g/mol. The fraction of sp³-hybridized carbons (Fsp3) is 0.556. The van der Waals surface area contributed by atoms with Gasteiger partial charge in [0.15, 0.2) is 11.9 Å². The fourth-order valence-electron chi connectivity index (χ4n) is 4.02. The van der Waals surface area contributed by atoms with E-state index in [-0.39, 0.29) is 68.8 Å². The Bertz CT molecular complexity index is 1120. The van der Waals surface area contributed by atoms with Crippen LogP contribution in [0.2, 0.25) is 0 Å². The molecular weight excluding hydrogens is 560 g/mol. The Labute approximate surface area is 250 Å². The van der Waals surface area contributed by atoms with Crippen molar-refractivity contribution in [2.24, 2.45) is 44.6 Å². The lowest BCUT2D eigenvalue weighted by molar-refractivity contribution is -0.142. The Kier molecular flexibility index (Phi) is 15.9. The predicted molar refractivity (Wildman–Crippen MR) is 162 cm³/mol. The van der Waals surface area contributed by atoms with Crippen molar-refractivity contribution in [2.75, 3.05) is 13.1 Å². The number of phenols is 1. The maximum Gasteiger partial charge on any atom is 0.326 e. The van der Waals surface area contributed by atoms with E-state index in [0.29, 0.717) is 12.0 Å². The highest BCUT2D eigenvalue weighted by atomic mass is 16.4. The molecule has 0 fully saturated rings. The molecule has 0 bridgehead atoms. The minimum absolute atomic E-state index is 0.00597. The summed E-state index contributed by atoms with van der Waals surface area (Å²) in [5.41, 5.74) is 28.0. The standard InChI is InChI=1S/C27H46N10O6/c1-15(2)13-21(25(42)43)37-23(40)19(6-4-12-34-27(31)32)35-24(41)20(14-16-7-9-17(38)10-8-16)36-22(39)18(28)5-3-11-33-26(29)30/h7-10,15,18-21,38H,3-6,11-14,28H2,1-2H3,(H,35,41)(H,36,39)(H,37,40)(H,42,43)(H4,29,30,33)(H4,31,32,34). The summed E-state index contributed by atoms with van der Waals surface area (Å²) in [7, 11) is 0. The van der Waals surface area contributed by atoms with Gasteiger partial charge in [-0.15, -0.1) is 0 Å². The molecule has 43 heavy (non-hydrogen) atoms. The fourth-order valence-corrected chi connectivity index (χ4v) is 4.02. The van der Waals surface area contributed by atoms with Gasteiger partial charge in [-0.1, -0.05) is 26.0 Å². The molecular formula is C27H46N10O6. The van der Waals surface area contributed by atoms with E-state index in [1.165, 1.54) is 12.1 Å². The second-order valence-corrected chi connectivity index (χ2v) is 10.5. The number of benzene rings is 1. The van der Waals surface area contributed by atoms with E-state index in [2.05, 4.69) is 25.9 Å². The third-order valence-corrected chi connectivity index (χ3v) is 6.21. The number of nitrogens with zero attached hydrogens (tertiary/aromatic N) is 2. The number of aromatic hydroxyl groups is 1. The largest absolute Gasteiger partial charge is 0.508 e. The number of rotatable bonds is 19. The molecule has 240 valence electrons. The number of guanidine groups is 2. The Morgan fingerprint density at radius 3 is 1.77 bits per heavy atom. The lowest BCUT2D eigenvalue weighted by Gasteiger charge is -2.25. The van der Waals surface area contributed by atoms with Gasteiger partial charge in [0.1, 0.15) is 23.9 Å². The highest BCUT2D eigenvalue weighted by molar-refractivity contribution is 5.94. The Balaban J connectivity index is 3.16. The number of nitrogens with two attached hydrogens (primary N) is 5. The number of amides is 3. The molecule has 1 aromatic carbocycles. The van der Waals surface area contributed by atoms with E-state index in [4.69, 9.17) is 28.7 Å². The van der Waals surface area contributed by atoms with Crippen molar-refractivity contribution in [1.29, 1.82) is 0 Å². The zero-order valence-corrected chi connectivity index (χ0v) is 24.7. The van der Waals surface area contributed by atoms with Crippen LogP contribution in [0, 0.1) is 5.92 Å². The Hall–Kier alpha value is -4.60. The first-order chi connectivity index (χ1) is 20.2. The van der Waals surface area contributed by atoms with Crippen LogP contribution in [0.15, 0.2) is 34.3 Å². The minimum Gasteiger partial charge on any atom is -0.508 e. The number of aliphatic carboxylic acids is 1. The molecule has 4 unspecified atom stereocenters. The number of aliphatic imine (C=N–C) groups is 2.